The second kappa shape index (κ2) is 6.17. The van der Waals surface area contributed by atoms with Crippen molar-refractivity contribution in [3.05, 3.63) is 29.3 Å². The van der Waals surface area contributed by atoms with Crippen molar-refractivity contribution >= 4 is 17.6 Å². The number of carboxylic acid groups (broad SMARTS) is 1. The molecule has 2 rings (SSSR count). The SMILES string of the molecule is CC1CC(C(=O)Nc2cc(F)c(F)cc2C(=O)O)CCN1. The Labute approximate surface area is 120 Å². The third-order valence-corrected chi connectivity index (χ3v) is 3.54. The lowest BCUT2D eigenvalue weighted by Crippen LogP contribution is -2.40. The highest BCUT2D eigenvalue weighted by atomic mass is 19.2. The Balaban J connectivity index is 2.20. The van der Waals surface area contributed by atoms with Gasteiger partial charge < -0.3 is 15.7 Å². The van der Waals surface area contributed by atoms with Crippen LogP contribution in [0.5, 0.6) is 0 Å². The highest BCUT2D eigenvalue weighted by Crippen LogP contribution is 2.23. The van der Waals surface area contributed by atoms with Gasteiger partial charge in [0.1, 0.15) is 0 Å². The van der Waals surface area contributed by atoms with Gasteiger partial charge in [-0.15, -0.1) is 0 Å². The van der Waals surface area contributed by atoms with Crippen molar-refractivity contribution in [1.29, 1.82) is 0 Å². The molecular weight excluding hydrogens is 282 g/mol. The monoisotopic (exact) mass is 298 g/mol. The fraction of sp³-hybridized carbons (Fsp3) is 0.429. The van der Waals surface area contributed by atoms with Crippen LogP contribution in [0.25, 0.3) is 0 Å². The Morgan fingerprint density at radius 1 is 1.33 bits per heavy atom. The topological polar surface area (TPSA) is 78.4 Å². The molecule has 1 aromatic carbocycles. The van der Waals surface area contributed by atoms with E-state index in [-0.39, 0.29) is 23.6 Å². The van der Waals surface area contributed by atoms with Gasteiger partial charge in [0.25, 0.3) is 0 Å². The zero-order valence-electron chi connectivity index (χ0n) is 11.5. The maximum atomic E-state index is 13.2. The van der Waals surface area contributed by atoms with Gasteiger partial charge in [-0.3, -0.25) is 4.79 Å². The van der Waals surface area contributed by atoms with Crippen LogP contribution in [0.4, 0.5) is 14.5 Å². The number of carbonyl (C=O) groups excluding carboxylic acids is 1. The summed E-state index contributed by atoms with van der Waals surface area (Å²) in [6, 6.07) is 1.44. The molecule has 0 spiro atoms. The van der Waals surface area contributed by atoms with Crippen molar-refractivity contribution in [1.82, 2.24) is 5.32 Å². The van der Waals surface area contributed by atoms with Crippen LogP contribution in [-0.2, 0) is 4.79 Å². The molecule has 1 saturated heterocycles. The van der Waals surface area contributed by atoms with Crippen LogP contribution in [0, 0.1) is 17.6 Å². The van der Waals surface area contributed by atoms with Crippen LogP contribution < -0.4 is 10.6 Å². The number of rotatable bonds is 3. The summed E-state index contributed by atoms with van der Waals surface area (Å²) in [7, 11) is 0. The number of piperidine rings is 1. The molecule has 1 amide bonds. The lowest BCUT2D eigenvalue weighted by atomic mass is 9.92. The molecule has 1 aromatic rings. The smallest absolute Gasteiger partial charge is 0.337 e. The Morgan fingerprint density at radius 2 is 2.00 bits per heavy atom. The summed E-state index contributed by atoms with van der Waals surface area (Å²) in [5, 5.41) is 14.6. The van der Waals surface area contributed by atoms with Crippen LogP contribution in [0.3, 0.4) is 0 Å². The number of benzene rings is 1. The van der Waals surface area contributed by atoms with Crippen molar-refractivity contribution in [2.75, 3.05) is 11.9 Å². The molecule has 5 nitrogen and oxygen atoms in total. The summed E-state index contributed by atoms with van der Waals surface area (Å²) in [6.45, 7) is 2.63. The number of anilines is 1. The fourth-order valence-corrected chi connectivity index (χ4v) is 2.43. The zero-order chi connectivity index (χ0) is 15.6. The summed E-state index contributed by atoms with van der Waals surface area (Å²) in [6.07, 6.45) is 1.22. The molecule has 114 valence electrons. The first kappa shape index (κ1) is 15.4. The summed E-state index contributed by atoms with van der Waals surface area (Å²) >= 11 is 0. The molecule has 1 aliphatic rings. The van der Waals surface area contributed by atoms with Crippen molar-refractivity contribution in [3.8, 4) is 0 Å². The molecule has 2 unspecified atom stereocenters. The highest BCUT2D eigenvalue weighted by molar-refractivity contribution is 6.01. The van der Waals surface area contributed by atoms with Crippen LogP contribution in [-0.4, -0.2) is 29.6 Å². The first-order valence-corrected chi connectivity index (χ1v) is 6.65. The van der Waals surface area contributed by atoms with Gasteiger partial charge in [0.05, 0.1) is 11.3 Å². The average molecular weight is 298 g/mol. The summed E-state index contributed by atoms with van der Waals surface area (Å²) in [5.74, 6) is -4.55. The number of nitrogens with one attached hydrogen (secondary N) is 2. The third-order valence-electron chi connectivity index (χ3n) is 3.54. The van der Waals surface area contributed by atoms with E-state index >= 15 is 0 Å². The Morgan fingerprint density at radius 3 is 2.62 bits per heavy atom. The van der Waals surface area contributed by atoms with Gasteiger partial charge in [0.15, 0.2) is 11.6 Å². The van der Waals surface area contributed by atoms with E-state index in [9.17, 15) is 18.4 Å². The molecule has 0 aromatic heterocycles. The van der Waals surface area contributed by atoms with Gasteiger partial charge in [-0.2, -0.15) is 0 Å². The number of carbonyl (C=O) groups is 2. The molecule has 0 saturated carbocycles. The van der Waals surface area contributed by atoms with Gasteiger partial charge in [-0.1, -0.05) is 0 Å². The van der Waals surface area contributed by atoms with Gasteiger partial charge in [-0.25, -0.2) is 13.6 Å². The normalized spacial score (nSPS) is 21.9. The van der Waals surface area contributed by atoms with E-state index in [4.69, 9.17) is 5.11 Å². The van der Waals surface area contributed by atoms with Gasteiger partial charge in [-0.05, 0) is 32.4 Å². The van der Waals surface area contributed by atoms with Crippen LogP contribution in [0.2, 0.25) is 0 Å². The second-order valence-corrected chi connectivity index (χ2v) is 5.18. The maximum absolute atomic E-state index is 13.2. The Bertz CT molecular complexity index is 578. The molecular formula is C14H16F2N2O3. The second-order valence-electron chi connectivity index (χ2n) is 5.18. The van der Waals surface area contributed by atoms with Crippen LogP contribution >= 0.6 is 0 Å². The number of aromatic carboxylic acids is 1. The van der Waals surface area contributed by atoms with Crippen molar-refractivity contribution in [2.24, 2.45) is 5.92 Å². The van der Waals surface area contributed by atoms with Gasteiger partial charge in [0, 0.05) is 18.0 Å². The highest BCUT2D eigenvalue weighted by Gasteiger charge is 2.26. The predicted octanol–water partition coefficient (Wildman–Crippen LogP) is 1.99. The Kier molecular flexibility index (Phi) is 4.52. The maximum Gasteiger partial charge on any atom is 0.337 e. The number of carboxylic acids is 1. The van der Waals surface area contributed by atoms with Crippen molar-refractivity contribution in [2.45, 2.75) is 25.8 Å². The van der Waals surface area contributed by atoms with E-state index in [1.54, 1.807) is 0 Å². The quantitative estimate of drug-likeness (QED) is 0.797. The van der Waals surface area contributed by atoms with Crippen molar-refractivity contribution < 1.29 is 23.5 Å². The first-order valence-electron chi connectivity index (χ1n) is 6.65. The fourth-order valence-electron chi connectivity index (χ4n) is 2.43. The van der Waals surface area contributed by atoms with Crippen LogP contribution in [0.1, 0.15) is 30.1 Å². The lowest BCUT2D eigenvalue weighted by molar-refractivity contribution is -0.120. The van der Waals surface area contributed by atoms with Crippen LogP contribution in [0.15, 0.2) is 12.1 Å². The molecule has 7 heteroatoms. The standard InChI is InChI=1S/C14H16F2N2O3/c1-7-4-8(2-3-17-7)13(19)18-12-6-11(16)10(15)5-9(12)14(20)21/h5-8,17H,2-4H2,1H3,(H,18,19)(H,20,21). The largest absolute Gasteiger partial charge is 0.478 e. The molecule has 1 aliphatic heterocycles. The van der Waals surface area contributed by atoms with Gasteiger partial charge in [0.2, 0.25) is 5.91 Å². The summed E-state index contributed by atoms with van der Waals surface area (Å²) in [5.41, 5.74) is -0.693. The van der Waals surface area contributed by atoms with E-state index < -0.39 is 23.2 Å². The van der Waals surface area contributed by atoms with E-state index in [0.29, 0.717) is 31.5 Å². The number of amides is 1. The van der Waals surface area contributed by atoms with E-state index in [0.717, 1.165) is 0 Å². The first-order chi connectivity index (χ1) is 9.88. The number of halogens is 2. The minimum Gasteiger partial charge on any atom is -0.478 e. The van der Waals surface area contributed by atoms with E-state index in [1.807, 2.05) is 6.92 Å². The molecule has 1 fully saturated rings. The molecule has 0 radical (unpaired) electrons. The molecule has 0 bridgehead atoms. The van der Waals surface area contributed by atoms with E-state index in [2.05, 4.69) is 10.6 Å². The third kappa shape index (κ3) is 3.55. The van der Waals surface area contributed by atoms with E-state index in [1.165, 1.54) is 0 Å². The molecule has 0 aliphatic carbocycles. The zero-order valence-corrected chi connectivity index (χ0v) is 11.5. The summed E-state index contributed by atoms with van der Waals surface area (Å²) < 4.78 is 26.4. The molecule has 3 N–H and O–H groups in total. The number of hydrogen-bond acceptors (Lipinski definition) is 3. The Hall–Kier alpha value is -2.02. The predicted molar refractivity (Wildman–Crippen MR) is 72.1 cm³/mol. The molecule has 1 heterocycles. The average Bonchev–Trinajstić information content (AvgIpc) is 2.42. The lowest BCUT2D eigenvalue weighted by Gasteiger charge is -2.27. The van der Waals surface area contributed by atoms with Crippen molar-refractivity contribution in [3.63, 3.8) is 0 Å². The van der Waals surface area contributed by atoms with Gasteiger partial charge >= 0.3 is 5.97 Å². The minimum absolute atomic E-state index is 0.179. The summed E-state index contributed by atoms with van der Waals surface area (Å²) in [4.78, 5) is 23.2. The number of hydrogen-bond donors (Lipinski definition) is 3. The minimum atomic E-state index is -1.43. The molecule has 2 atom stereocenters. The molecule has 21 heavy (non-hydrogen) atoms.